The van der Waals surface area contributed by atoms with E-state index in [-0.39, 0.29) is 11.3 Å². The van der Waals surface area contributed by atoms with Gasteiger partial charge >= 0.3 is 0 Å². The third-order valence-corrected chi connectivity index (χ3v) is 4.74. The highest BCUT2D eigenvalue weighted by molar-refractivity contribution is 6.08. The number of para-hydroxylation sites is 2. The van der Waals surface area contributed by atoms with Gasteiger partial charge in [0.15, 0.2) is 0 Å². The van der Waals surface area contributed by atoms with Crippen molar-refractivity contribution < 1.29 is 9.72 Å². The Kier molecular flexibility index (Phi) is 5.09. The standard InChI is InChI=1S/C23H18N4O3/c1-25(23(28)19-14-8-9-15-21(19)27(29)30)22-16-20(17-10-4-2-5-11-17)24-26(22)18-12-6-3-7-13-18/h2-16H,1H3. The number of aromatic nitrogens is 2. The van der Waals surface area contributed by atoms with Crippen LogP contribution in [-0.4, -0.2) is 27.7 Å². The molecule has 1 amide bonds. The Bertz CT molecular complexity index is 1200. The fourth-order valence-electron chi connectivity index (χ4n) is 3.22. The van der Waals surface area contributed by atoms with Crippen LogP contribution in [0.4, 0.5) is 11.5 Å². The number of nitro benzene ring substituents is 1. The number of carbonyl (C=O) groups is 1. The molecule has 0 aliphatic heterocycles. The van der Waals surface area contributed by atoms with Gasteiger partial charge in [-0.2, -0.15) is 5.10 Å². The Morgan fingerprint density at radius 1 is 0.933 bits per heavy atom. The number of rotatable bonds is 5. The SMILES string of the molecule is CN(C(=O)c1ccccc1[N+](=O)[O-])c1cc(-c2ccccc2)nn1-c1ccccc1. The second-order valence-corrected chi connectivity index (χ2v) is 6.64. The zero-order chi connectivity index (χ0) is 21.1. The van der Waals surface area contributed by atoms with Crippen LogP contribution in [0.5, 0.6) is 0 Å². The molecule has 30 heavy (non-hydrogen) atoms. The van der Waals surface area contributed by atoms with E-state index < -0.39 is 10.8 Å². The maximum Gasteiger partial charge on any atom is 0.282 e. The van der Waals surface area contributed by atoms with Crippen LogP contribution < -0.4 is 4.90 Å². The van der Waals surface area contributed by atoms with Gasteiger partial charge in [0.25, 0.3) is 11.6 Å². The quantitative estimate of drug-likeness (QED) is 0.360. The highest BCUT2D eigenvalue weighted by Gasteiger charge is 2.26. The Balaban J connectivity index is 1.82. The van der Waals surface area contributed by atoms with Crippen molar-refractivity contribution in [1.82, 2.24) is 9.78 Å². The van der Waals surface area contributed by atoms with Gasteiger partial charge in [-0.15, -0.1) is 0 Å². The molecule has 0 fully saturated rings. The summed E-state index contributed by atoms with van der Waals surface area (Å²) in [4.78, 5) is 25.4. The summed E-state index contributed by atoms with van der Waals surface area (Å²) in [5, 5.41) is 16.1. The summed E-state index contributed by atoms with van der Waals surface area (Å²) in [6, 6.07) is 26.8. The van der Waals surface area contributed by atoms with Gasteiger partial charge in [-0.25, -0.2) is 4.68 Å². The first-order valence-corrected chi connectivity index (χ1v) is 9.28. The fourth-order valence-corrected chi connectivity index (χ4v) is 3.22. The summed E-state index contributed by atoms with van der Waals surface area (Å²) in [6.45, 7) is 0. The number of anilines is 1. The molecule has 7 nitrogen and oxygen atoms in total. The van der Waals surface area contributed by atoms with E-state index in [2.05, 4.69) is 0 Å². The lowest BCUT2D eigenvalue weighted by Crippen LogP contribution is -2.29. The van der Waals surface area contributed by atoms with Gasteiger partial charge in [-0.3, -0.25) is 19.8 Å². The van der Waals surface area contributed by atoms with Crippen LogP contribution in [0.3, 0.4) is 0 Å². The van der Waals surface area contributed by atoms with Crippen molar-refractivity contribution in [3.63, 3.8) is 0 Å². The minimum absolute atomic E-state index is 0.0204. The molecule has 3 aromatic carbocycles. The molecule has 1 heterocycles. The second-order valence-electron chi connectivity index (χ2n) is 6.64. The Labute approximate surface area is 173 Å². The number of hydrogen-bond acceptors (Lipinski definition) is 4. The van der Waals surface area contributed by atoms with Crippen molar-refractivity contribution in [3.05, 3.63) is 107 Å². The predicted molar refractivity (Wildman–Crippen MR) is 115 cm³/mol. The number of amides is 1. The minimum atomic E-state index is -0.551. The molecule has 0 atom stereocenters. The number of nitrogens with zero attached hydrogens (tertiary/aromatic N) is 4. The smallest absolute Gasteiger partial charge is 0.282 e. The molecule has 0 radical (unpaired) electrons. The van der Waals surface area contributed by atoms with E-state index in [4.69, 9.17) is 5.10 Å². The summed E-state index contributed by atoms with van der Waals surface area (Å²) in [5.74, 6) is 0.0159. The molecule has 0 bridgehead atoms. The first-order valence-electron chi connectivity index (χ1n) is 9.28. The summed E-state index contributed by atoms with van der Waals surface area (Å²) in [6.07, 6.45) is 0. The molecule has 1 aromatic heterocycles. The second kappa shape index (κ2) is 8.00. The number of carbonyl (C=O) groups excluding carboxylic acids is 1. The van der Waals surface area contributed by atoms with Crippen LogP contribution in [0.25, 0.3) is 16.9 Å². The number of benzene rings is 3. The fraction of sp³-hybridized carbons (Fsp3) is 0.0435. The Hall–Kier alpha value is -4.26. The van der Waals surface area contributed by atoms with Crippen LogP contribution in [0, 0.1) is 10.1 Å². The van der Waals surface area contributed by atoms with E-state index in [0.717, 1.165) is 11.3 Å². The van der Waals surface area contributed by atoms with E-state index in [9.17, 15) is 14.9 Å². The van der Waals surface area contributed by atoms with E-state index in [1.807, 2.05) is 60.7 Å². The zero-order valence-electron chi connectivity index (χ0n) is 16.2. The molecule has 7 heteroatoms. The highest BCUT2D eigenvalue weighted by atomic mass is 16.6. The summed E-state index contributed by atoms with van der Waals surface area (Å²) in [7, 11) is 1.59. The lowest BCUT2D eigenvalue weighted by Gasteiger charge is -2.18. The average Bonchev–Trinajstić information content (AvgIpc) is 3.25. The maximum absolute atomic E-state index is 13.2. The van der Waals surface area contributed by atoms with Crippen molar-refractivity contribution in [2.75, 3.05) is 11.9 Å². The molecule has 4 aromatic rings. The average molecular weight is 398 g/mol. The summed E-state index contributed by atoms with van der Waals surface area (Å²) in [5.41, 5.74) is 2.16. The van der Waals surface area contributed by atoms with Crippen LogP contribution >= 0.6 is 0 Å². The van der Waals surface area contributed by atoms with Crippen molar-refractivity contribution in [2.24, 2.45) is 0 Å². The first-order chi connectivity index (χ1) is 14.6. The molecule has 0 aliphatic rings. The Morgan fingerprint density at radius 2 is 1.53 bits per heavy atom. The van der Waals surface area contributed by atoms with Crippen molar-refractivity contribution in [2.45, 2.75) is 0 Å². The first kappa shape index (κ1) is 19.1. The van der Waals surface area contributed by atoms with Crippen LogP contribution in [-0.2, 0) is 0 Å². The molecular formula is C23H18N4O3. The summed E-state index contributed by atoms with van der Waals surface area (Å²) >= 11 is 0. The highest BCUT2D eigenvalue weighted by Crippen LogP contribution is 2.29. The topological polar surface area (TPSA) is 81.3 Å². The normalized spacial score (nSPS) is 10.6. The van der Waals surface area contributed by atoms with Crippen molar-refractivity contribution in [3.8, 4) is 16.9 Å². The van der Waals surface area contributed by atoms with Gasteiger partial charge in [-0.05, 0) is 18.2 Å². The predicted octanol–water partition coefficient (Wildman–Crippen LogP) is 4.72. The lowest BCUT2D eigenvalue weighted by atomic mass is 10.1. The zero-order valence-corrected chi connectivity index (χ0v) is 16.2. The largest absolute Gasteiger partial charge is 0.295 e. The number of hydrogen-bond donors (Lipinski definition) is 0. The van der Waals surface area contributed by atoms with E-state index in [1.165, 1.54) is 23.1 Å². The maximum atomic E-state index is 13.2. The van der Waals surface area contributed by atoms with Crippen LogP contribution in [0.1, 0.15) is 10.4 Å². The lowest BCUT2D eigenvalue weighted by molar-refractivity contribution is -0.385. The monoisotopic (exact) mass is 398 g/mol. The molecule has 0 saturated carbocycles. The molecule has 0 unspecified atom stereocenters. The van der Waals surface area contributed by atoms with E-state index >= 15 is 0 Å². The third-order valence-electron chi connectivity index (χ3n) is 4.74. The van der Waals surface area contributed by atoms with E-state index in [0.29, 0.717) is 11.5 Å². The molecule has 0 N–H and O–H groups in total. The molecule has 4 rings (SSSR count). The van der Waals surface area contributed by atoms with Crippen molar-refractivity contribution in [1.29, 1.82) is 0 Å². The van der Waals surface area contributed by atoms with Gasteiger partial charge < -0.3 is 0 Å². The van der Waals surface area contributed by atoms with E-state index in [1.54, 1.807) is 23.9 Å². The van der Waals surface area contributed by atoms with Crippen LogP contribution in [0.2, 0.25) is 0 Å². The summed E-state index contributed by atoms with van der Waals surface area (Å²) < 4.78 is 1.66. The third kappa shape index (κ3) is 3.56. The molecule has 0 aliphatic carbocycles. The molecular weight excluding hydrogens is 380 g/mol. The van der Waals surface area contributed by atoms with Gasteiger partial charge in [-0.1, -0.05) is 60.7 Å². The minimum Gasteiger partial charge on any atom is -0.295 e. The molecule has 148 valence electrons. The molecule has 0 spiro atoms. The van der Waals surface area contributed by atoms with Gasteiger partial charge in [0.05, 0.1) is 16.3 Å². The molecule has 0 saturated heterocycles. The van der Waals surface area contributed by atoms with Crippen LogP contribution in [0.15, 0.2) is 91.0 Å². The van der Waals surface area contributed by atoms with Gasteiger partial charge in [0, 0.05) is 24.7 Å². The van der Waals surface area contributed by atoms with Gasteiger partial charge in [0.1, 0.15) is 11.4 Å². The van der Waals surface area contributed by atoms with Gasteiger partial charge in [0.2, 0.25) is 0 Å². The number of nitro groups is 1. The Morgan fingerprint density at radius 3 is 2.20 bits per heavy atom. The van der Waals surface area contributed by atoms with Crippen molar-refractivity contribution >= 4 is 17.4 Å².